The van der Waals surface area contributed by atoms with Gasteiger partial charge in [0, 0.05) is 23.8 Å². The number of rotatable bonds is 7. The number of carbonyl (C=O) groups is 1. The Labute approximate surface area is 176 Å². The number of carbonyl (C=O) groups excluding carboxylic acids is 1. The largest absolute Gasteiger partial charge is 0.497 e. The molecule has 0 N–H and O–H groups in total. The minimum atomic E-state index is -0.283. The number of aryl methyl sites for hydroxylation is 1. The summed E-state index contributed by atoms with van der Waals surface area (Å²) in [6.07, 6.45) is 2.41. The monoisotopic (exact) mass is 407 g/mol. The maximum Gasteiger partial charge on any atom is 0.227 e. The number of halogens is 1. The van der Waals surface area contributed by atoms with Crippen LogP contribution in [0.15, 0.2) is 48.5 Å². The highest BCUT2D eigenvalue weighted by atomic mass is 19.1. The predicted octanol–water partition coefficient (Wildman–Crippen LogP) is 4.37. The summed E-state index contributed by atoms with van der Waals surface area (Å²) >= 11 is 0. The van der Waals surface area contributed by atoms with Crippen LogP contribution in [0, 0.1) is 19.7 Å². The Morgan fingerprint density at radius 1 is 1.13 bits per heavy atom. The summed E-state index contributed by atoms with van der Waals surface area (Å²) in [6, 6.07) is 14.4. The van der Waals surface area contributed by atoms with Crippen molar-refractivity contribution in [3.63, 3.8) is 0 Å². The van der Waals surface area contributed by atoms with Gasteiger partial charge in [0.2, 0.25) is 5.91 Å². The first-order valence-corrected chi connectivity index (χ1v) is 10.2. The maximum atomic E-state index is 13.3. The van der Waals surface area contributed by atoms with Crippen LogP contribution in [0.3, 0.4) is 0 Å². The zero-order valence-corrected chi connectivity index (χ0v) is 17.6. The van der Waals surface area contributed by atoms with Gasteiger partial charge in [-0.2, -0.15) is 5.10 Å². The van der Waals surface area contributed by atoms with Crippen LogP contribution in [-0.4, -0.2) is 33.7 Å². The van der Waals surface area contributed by atoms with Crippen LogP contribution in [0.5, 0.6) is 5.75 Å². The van der Waals surface area contributed by atoms with E-state index in [0.29, 0.717) is 19.0 Å². The first-order valence-electron chi connectivity index (χ1n) is 10.2. The molecular formula is C24H26FN3O2. The summed E-state index contributed by atoms with van der Waals surface area (Å²) in [5.74, 6) is 0.634. The fourth-order valence-electron chi connectivity index (χ4n) is 3.75. The standard InChI is InChI=1S/C24H26FN3O2/c1-16-23(17(2)28(26-16)21-8-6-19(25)7-9-21)14-24(29)27(20-10-11-20)15-18-4-12-22(30-3)13-5-18/h4-9,12-13,20H,10-11,14-15H2,1-3H3. The number of nitrogens with zero attached hydrogens (tertiary/aromatic N) is 3. The van der Waals surface area contributed by atoms with Gasteiger partial charge in [0.25, 0.3) is 0 Å². The van der Waals surface area contributed by atoms with Gasteiger partial charge in [0.15, 0.2) is 0 Å². The van der Waals surface area contributed by atoms with E-state index in [1.54, 1.807) is 23.9 Å². The fraction of sp³-hybridized carbons (Fsp3) is 0.333. The lowest BCUT2D eigenvalue weighted by Crippen LogP contribution is -2.34. The van der Waals surface area contributed by atoms with Crippen molar-refractivity contribution in [2.75, 3.05) is 7.11 Å². The third kappa shape index (κ3) is 4.22. The number of aromatic nitrogens is 2. The minimum absolute atomic E-state index is 0.109. The molecular weight excluding hydrogens is 381 g/mol. The van der Waals surface area contributed by atoms with Gasteiger partial charge in [-0.05, 0) is 68.7 Å². The molecule has 0 bridgehead atoms. The molecule has 1 fully saturated rings. The third-order valence-corrected chi connectivity index (χ3v) is 5.66. The van der Waals surface area contributed by atoms with Crippen LogP contribution in [0.25, 0.3) is 5.69 Å². The molecule has 3 aromatic rings. The van der Waals surface area contributed by atoms with Gasteiger partial charge in [0.05, 0.1) is 24.9 Å². The molecule has 0 atom stereocenters. The Morgan fingerprint density at radius 2 is 1.80 bits per heavy atom. The second-order valence-corrected chi connectivity index (χ2v) is 7.82. The van der Waals surface area contributed by atoms with Crippen molar-refractivity contribution in [1.29, 1.82) is 0 Å². The molecule has 6 heteroatoms. The van der Waals surface area contributed by atoms with Crippen LogP contribution in [0.4, 0.5) is 4.39 Å². The van der Waals surface area contributed by atoms with Crippen molar-refractivity contribution in [1.82, 2.24) is 14.7 Å². The van der Waals surface area contributed by atoms with Gasteiger partial charge >= 0.3 is 0 Å². The molecule has 1 aromatic heterocycles. The zero-order valence-electron chi connectivity index (χ0n) is 17.6. The van der Waals surface area contributed by atoms with E-state index >= 15 is 0 Å². The summed E-state index contributed by atoms with van der Waals surface area (Å²) in [5.41, 5.74) is 4.54. The zero-order chi connectivity index (χ0) is 21.3. The van der Waals surface area contributed by atoms with Crippen molar-refractivity contribution >= 4 is 5.91 Å². The SMILES string of the molecule is COc1ccc(CN(C(=O)Cc2c(C)nn(-c3ccc(F)cc3)c2C)C2CC2)cc1. The molecule has 2 aromatic carbocycles. The lowest BCUT2D eigenvalue weighted by atomic mass is 10.1. The summed E-state index contributed by atoms with van der Waals surface area (Å²) < 4.78 is 20.3. The van der Waals surface area contributed by atoms with Gasteiger partial charge in [0.1, 0.15) is 11.6 Å². The summed E-state index contributed by atoms with van der Waals surface area (Å²) in [6.45, 7) is 4.47. The molecule has 156 valence electrons. The van der Waals surface area contributed by atoms with Gasteiger partial charge in [-0.25, -0.2) is 9.07 Å². The highest BCUT2D eigenvalue weighted by molar-refractivity contribution is 5.80. The Balaban J connectivity index is 1.53. The topological polar surface area (TPSA) is 47.4 Å². The summed E-state index contributed by atoms with van der Waals surface area (Å²) in [5, 5.41) is 4.60. The van der Waals surface area contributed by atoms with Gasteiger partial charge in [-0.1, -0.05) is 12.1 Å². The van der Waals surface area contributed by atoms with Gasteiger partial charge < -0.3 is 9.64 Å². The van der Waals surface area contributed by atoms with E-state index < -0.39 is 0 Å². The van der Waals surface area contributed by atoms with Crippen LogP contribution >= 0.6 is 0 Å². The Morgan fingerprint density at radius 3 is 2.40 bits per heavy atom. The van der Waals surface area contributed by atoms with E-state index in [2.05, 4.69) is 5.10 Å². The van der Waals surface area contributed by atoms with Crippen LogP contribution in [0.2, 0.25) is 0 Å². The van der Waals surface area contributed by atoms with E-state index in [4.69, 9.17) is 4.74 Å². The molecule has 4 rings (SSSR count). The smallest absolute Gasteiger partial charge is 0.227 e. The molecule has 0 radical (unpaired) electrons. The molecule has 0 unspecified atom stereocenters. The first-order chi connectivity index (χ1) is 14.5. The summed E-state index contributed by atoms with van der Waals surface area (Å²) in [7, 11) is 1.64. The summed E-state index contributed by atoms with van der Waals surface area (Å²) in [4.78, 5) is 15.2. The Hall–Kier alpha value is -3.15. The quantitative estimate of drug-likeness (QED) is 0.584. The first kappa shape index (κ1) is 20.1. The van der Waals surface area contributed by atoms with E-state index in [9.17, 15) is 9.18 Å². The maximum absolute atomic E-state index is 13.3. The predicted molar refractivity (Wildman–Crippen MR) is 113 cm³/mol. The van der Waals surface area contributed by atoms with E-state index in [1.807, 2.05) is 43.0 Å². The average Bonchev–Trinajstić information content (AvgIpc) is 3.55. The number of amides is 1. The van der Waals surface area contributed by atoms with Crippen LogP contribution in [-0.2, 0) is 17.8 Å². The highest BCUT2D eigenvalue weighted by Gasteiger charge is 2.33. The van der Waals surface area contributed by atoms with Gasteiger partial charge in [-0.3, -0.25) is 4.79 Å². The van der Waals surface area contributed by atoms with Crippen LogP contribution in [0.1, 0.15) is 35.4 Å². The van der Waals surface area contributed by atoms with Crippen molar-refractivity contribution in [3.05, 3.63) is 76.9 Å². The second kappa shape index (κ2) is 8.30. The van der Waals surface area contributed by atoms with Gasteiger partial charge in [-0.15, -0.1) is 0 Å². The van der Waals surface area contributed by atoms with E-state index in [-0.39, 0.29) is 11.7 Å². The van der Waals surface area contributed by atoms with Crippen LogP contribution < -0.4 is 4.74 Å². The highest BCUT2D eigenvalue weighted by Crippen LogP contribution is 2.30. The number of methoxy groups -OCH3 is 1. The third-order valence-electron chi connectivity index (χ3n) is 5.66. The number of hydrogen-bond donors (Lipinski definition) is 0. The fourth-order valence-corrected chi connectivity index (χ4v) is 3.75. The molecule has 1 heterocycles. The Kier molecular flexibility index (Phi) is 5.57. The minimum Gasteiger partial charge on any atom is -0.497 e. The lowest BCUT2D eigenvalue weighted by Gasteiger charge is -2.23. The molecule has 30 heavy (non-hydrogen) atoms. The van der Waals surface area contributed by atoms with Crippen molar-refractivity contribution in [3.8, 4) is 11.4 Å². The molecule has 0 spiro atoms. The lowest BCUT2D eigenvalue weighted by molar-refractivity contribution is -0.131. The number of benzene rings is 2. The average molecular weight is 407 g/mol. The molecule has 1 aliphatic carbocycles. The second-order valence-electron chi connectivity index (χ2n) is 7.82. The molecule has 1 saturated carbocycles. The molecule has 0 aliphatic heterocycles. The molecule has 5 nitrogen and oxygen atoms in total. The number of hydrogen-bond acceptors (Lipinski definition) is 3. The normalized spacial score (nSPS) is 13.3. The van der Waals surface area contributed by atoms with Crippen molar-refractivity contribution < 1.29 is 13.9 Å². The van der Waals surface area contributed by atoms with E-state index in [1.165, 1.54) is 12.1 Å². The Bertz CT molecular complexity index is 1040. The molecule has 1 aliphatic rings. The van der Waals surface area contributed by atoms with E-state index in [0.717, 1.165) is 46.8 Å². The van der Waals surface area contributed by atoms with Crippen molar-refractivity contribution in [2.24, 2.45) is 0 Å². The molecule has 0 saturated heterocycles. The number of ether oxygens (including phenoxy) is 1. The van der Waals surface area contributed by atoms with Crippen molar-refractivity contribution in [2.45, 2.75) is 45.7 Å². The molecule has 1 amide bonds.